The molecule has 3 rings (SSSR count). The van der Waals surface area contributed by atoms with E-state index in [2.05, 4.69) is 46.4 Å². The summed E-state index contributed by atoms with van der Waals surface area (Å²) < 4.78 is 2.51. The minimum Gasteiger partial charge on any atom is -0.303 e. The lowest BCUT2D eigenvalue weighted by Crippen LogP contribution is -1.96. The van der Waals surface area contributed by atoms with Crippen LogP contribution in [0.25, 0.3) is 22.3 Å². The molecule has 0 atom stereocenters. The largest absolute Gasteiger partial charge is 0.303 e. The maximum absolute atomic E-state index is 5.21. The van der Waals surface area contributed by atoms with E-state index in [1.54, 1.807) is 0 Å². The van der Waals surface area contributed by atoms with Crippen LogP contribution in [0.3, 0.4) is 0 Å². The van der Waals surface area contributed by atoms with E-state index in [4.69, 9.17) is 12.2 Å². The number of fused-ring (bicyclic) bond motifs is 1. The number of pyridine rings is 1. The Morgan fingerprint density at radius 1 is 1.30 bits per heavy atom. The number of hydrogen-bond acceptors (Lipinski definition) is 3. The van der Waals surface area contributed by atoms with E-state index in [0.717, 1.165) is 34.4 Å². The SMILES string of the molecule is CCc1ccc2nc(C)cc(-c3n[nH]c(=S)n3C)c2c1. The van der Waals surface area contributed by atoms with Crippen LogP contribution in [0.15, 0.2) is 24.3 Å². The van der Waals surface area contributed by atoms with E-state index in [-0.39, 0.29) is 0 Å². The van der Waals surface area contributed by atoms with Crippen LogP contribution in [0.4, 0.5) is 0 Å². The fourth-order valence-electron chi connectivity index (χ4n) is 2.40. The third-order valence-corrected chi connectivity index (χ3v) is 3.90. The molecule has 0 saturated carbocycles. The van der Waals surface area contributed by atoms with Gasteiger partial charge in [0.1, 0.15) is 0 Å². The third-order valence-electron chi connectivity index (χ3n) is 3.53. The van der Waals surface area contributed by atoms with Crippen LogP contribution in [0.1, 0.15) is 18.2 Å². The second-order valence-corrected chi connectivity index (χ2v) is 5.31. The molecule has 0 aliphatic rings. The Morgan fingerprint density at radius 3 is 2.75 bits per heavy atom. The van der Waals surface area contributed by atoms with E-state index in [0.29, 0.717) is 4.77 Å². The summed E-state index contributed by atoms with van der Waals surface area (Å²) in [4.78, 5) is 4.60. The molecule has 2 aromatic heterocycles. The predicted molar refractivity (Wildman–Crippen MR) is 83.2 cm³/mol. The molecule has 4 nitrogen and oxygen atoms in total. The van der Waals surface area contributed by atoms with Gasteiger partial charge in [0.15, 0.2) is 10.6 Å². The zero-order valence-electron chi connectivity index (χ0n) is 11.8. The zero-order valence-corrected chi connectivity index (χ0v) is 12.6. The first kappa shape index (κ1) is 13.0. The van der Waals surface area contributed by atoms with E-state index in [9.17, 15) is 0 Å². The summed E-state index contributed by atoms with van der Waals surface area (Å²) in [6.07, 6.45) is 1.00. The van der Waals surface area contributed by atoms with Gasteiger partial charge in [-0.3, -0.25) is 10.1 Å². The summed E-state index contributed by atoms with van der Waals surface area (Å²) in [5, 5.41) is 8.31. The maximum Gasteiger partial charge on any atom is 0.195 e. The van der Waals surface area contributed by atoms with Gasteiger partial charge in [-0.05, 0) is 49.3 Å². The van der Waals surface area contributed by atoms with Crippen LogP contribution in [0, 0.1) is 11.7 Å². The summed E-state index contributed by atoms with van der Waals surface area (Å²) in [6, 6.07) is 8.45. The van der Waals surface area contributed by atoms with Crippen molar-refractivity contribution >= 4 is 23.1 Å². The first-order chi connectivity index (χ1) is 9.60. The van der Waals surface area contributed by atoms with Gasteiger partial charge in [0.25, 0.3) is 0 Å². The Balaban J connectivity index is 2.38. The smallest absolute Gasteiger partial charge is 0.195 e. The molecule has 2 heterocycles. The van der Waals surface area contributed by atoms with Gasteiger partial charge in [0.2, 0.25) is 0 Å². The highest BCUT2D eigenvalue weighted by Gasteiger charge is 2.12. The molecule has 0 aliphatic heterocycles. The van der Waals surface area contributed by atoms with Crippen molar-refractivity contribution in [3.63, 3.8) is 0 Å². The number of H-pyrrole nitrogens is 1. The first-order valence-corrected chi connectivity index (χ1v) is 7.03. The summed E-state index contributed by atoms with van der Waals surface area (Å²) in [5.74, 6) is 0.846. The van der Waals surface area contributed by atoms with Crippen molar-refractivity contribution in [3.8, 4) is 11.4 Å². The Kier molecular flexibility index (Phi) is 3.14. The van der Waals surface area contributed by atoms with Crippen LogP contribution >= 0.6 is 12.2 Å². The van der Waals surface area contributed by atoms with Gasteiger partial charge in [-0.1, -0.05) is 13.0 Å². The first-order valence-electron chi connectivity index (χ1n) is 6.62. The highest BCUT2D eigenvalue weighted by Crippen LogP contribution is 2.28. The minimum atomic E-state index is 0.620. The van der Waals surface area contributed by atoms with E-state index < -0.39 is 0 Å². The molecule has 0 radical (unpaired) electrons. The molecule has 20 heavy (non-hydrogen) atoms. The van der Waals surface area contributed by atoms with Gasteiger partial charge in [0.05, 0.1) is 5.52 Å². The van der Waals surface area contributed by atoms with E-state index >= 15 is 0 Å². The highest BCUT2D eigenvalue weighted by molar-refractivity contribution is 7.71. The van der Waals surface area contributed by atoms with Crippen molar-refractivity contribution in [3.05, 3.63) is 40.3 Å². The van der Waals surface area contributed by atoms with Gasteiger partial charge in [-0.25, -0.2) is 0 Å². The van der Waals surface area contributed by atoms with Crippen molar-refractivity contribution < 1.29 is 0 Å². The van der Waals surface area contributed by atoms with Gasteiger partial charge >= 0.3 is 0 Å². The molecular formula is C15H16N4S. The topological polar surface area (TPSA) is 46.5 Å². The summed E-state index contributed by atoms with van der Waals surface area (Å²) in [7, 11) is 1.92. The lowest BCUT2D eigenvalue weighted by molar-refractivity contribution is 0.902. The number of rotatable bonds is 2. The van der Waals surface area contributed by atoms with Gasteiger partial charge in [-0.2, -0.15) is 5.10 Å². The molecule has 0 aliphatic carbocycles. The van der Waals surface area contributed by atoms with Crippen molar-refractivity contribution in [2.24, 2.45) is 7.05 Å². The average molecular weight is 284 g/mol. The number of benzene rings is 1. The summed E-state index contributed by atoms with van der Waals surface area (Å²) in [6.45, 7) is 4.15. The van der Waals surface area contributed by atoms with Crippen LogP contribution in [0.2, 0.25) is 0 Å². The molecule has 0 saturated heterocycles. The number of aryl methyl sites for hydroxylation is 2. The second kappa shape index (κ2) is 4.83. The average Bonchev–Trinajstić information content (AvgIpc) is 2.77. The third kappa shape index (κ3) is 2.04. The van der Waals surface area contributed by atoms with E-state index in [1.165, 1.54) is 5.56 Å². The van der Waals surface area contributed by atoms with Crippen LogP contribution in [-0.2, 0) is 13.5 Å². The number of nitrogens with one attached hydrogen (secondary N) is 1. The second-order valence-electron chi connectivity index (χ2n) is 4.93. The Morgan fingerprint density at radius 2 is 2.10 bits per heavy atom. The molecular weight excluding hydrogens is 268 g/mol. The molecule has 0 spiro atoms. The van der Waals surface area contributed by atoms with Gasteiger partial charge < -0.3 is 4.57 Å². The van der Waals surface area contributed by atoms with Crippen molar-refractivity contribution in [2.75, 3.05) is 0 Å². The maximum atomic E-state index is 5.21. The zero-order chi connectivity index (χ0) is 14.3. The van der Waals surface area contributed by atoms with Gasteiger partial charge in [0, 0.05) is 23.7 Å². The van der Waals surface area contributed by atoms with Crippen LogP contribution in [0.5, 0.6) is 0 Å². The highest BCUT2D eigenvalue weighted by atomic mass is 32.1. The number of aromatic amines is 1. The van der Waals surface area contributed by atoms with Crippen molar-refractivity contribution in [1.29, 1.82) is 0 Å². The molecule has 0 amide bonds. The molecule has 0 bridgehead atoms. The predicted octanol–water partition coefficient (Wildman–Crippen LogP) is 3.56. The van der Waals surface area contributed by atoms with Crippen molar-refractivity contribution in [2.45, 2.75) is 20.3 Å². The van der Waals surface area contributed by atoms with Gasteiger partial charge in [-0.15, -0.1) is 0 Å². The molecule has 1 N–H and O–H groups in total. The van der Waals surface area contributed by atoms with Crippen molar-refractivity contribution in [1.82, 2.24) is 19.7 Å². The minimum absolute atomic E-state index is 0.620. The lowest BCUT2D eigenvalue weighted by Gasteiger charge is -2.08. The number of aromatic nitrogens is 4. The quantitative estimate of drug-likeness (QED) is 0.732. The Hall–Kier alpha value is -2.01. The number of hydrogen-bond donors (Lipinski definition) is 1. The van der Waals surface area contributed by atoms with Crippen LogP contribution in [-0.4, -0.2) is 19.7 Å². The molecule has 5 heteroatoms. The fraction of sp³-hybridized carbons (Fsp3) is 0.267. The Labute approximate surface area is 122 Å². The summed E-state index contributed by atoms with van der Waals surface area (Å²) >= 11 is 5.21. The van der Waals surface area contributed by atoms with Crippen LogP contribution < -0.4 is 0 Å². The molecule has 0 unspecified atom stereocenters. The molecule has 102 valence electrons. The summed E-state index contributed by atoms with van der Waals surface area (Å²) in [5.41, 5.74) is 4.33. The standard InChI is InChI=1S/C15H16N4S/c1-4-10-5-6-13-11(8-10)12(7-9(2)16-13)14-17-18-15(20)19(14)3/h5-8H,4H2,1-3H3,(H,18,20). The normalized spacial score (nSPS) is 11.2. The number of nitrogens with zero attached hydrogens (tertiary/aromatic N) is 3. The molecule has 0 fully saturated rings. The van der Waals surface area contributed by atoms with E-state index in [1.807, 2.05) is 18.5 Å². The monoisotopic (exact) mass is 284 g/mol. The fourth-order valence-corrected chi connectivity index (χ4v) is 2.53. The molecule has 1 aromatic carbocycles. The molecule has 3 aromatic rings. The lowest BCUT2D eigenvalue weighted by atomic mass is 10.0. The Bertz CT molecular complexity index is 845.